The van der Waals surface area contributed by atoms with Crippen LogP contribution in [-0.2, 0) is 0 Å². The Balaban J connectivity index is 3.05. The van der Waals surface area contributed by atoms with Gasteiger partial charge in [-0.25, -0.2) is 0 Å². The van der Waals surface area contributed by atoms with Crippen LogP contribution in [0.4, 0.5) is 39.5 Å². The van der Waals surface area contributed by atoms with Crippen LogP contribution in [0.2, 0.25) is 0 Å². The minimum Gasteiger partial charge on any atom is -0.497 e. The lowest BCUT2D eigenvalue weighted by Gasteiger charge is -2.34. The number of rotatable bonds is 6. The molecule has 1 aromatic rings. The van der Waals surface area contributed by atoms with Crippen LogP contribution >= 0.6 is 0 Å². The van der Waals surface area contributed by atoms with Crippen molar-refractivity contribution in [2.24, 2.45) is 0 Å². The van der Waals surface area contributed by atoms with Gasteiger partial charge in [-0.05, 0) is 17.7 Å². The summed E-state index contributed by atoms with van der Waals surface area (Å²) in [5, 5.41) is 9.47. The molecule has 0 aromatic heterocycles. The second-order valence-corrected chi connectivity index (χ2v) is 4.84. The van der Waals surface area contributed by atoms with Crippen molar-refractivity contribution in [3.63, 3.8) is 0 Å². The predicted molar refractivity (Wildman–Crippen MR) is 63.5 cm³/mol. The largest absolute Gasteiger partial charge is 0.497 e. The van der Waals surface area contributed by atoms with Gasteiger partial charge in [0, 0.05) is 6.42 Å². The summed E-state index contributed by atoms with van der Waals surface area (Å²) in [5.41, 5.74) is -0.387. The Hall–Kier alpha value is -1.65. The molecule has 138 valence electrons. The van der Waals surface area contributed by atoms with Crippen molar-refractivity contribution in [1.82, 2.24) is 0 Å². The number of benzene rings is 1. The summed E-state index contributed by atoms with van der Waals surface area (Å²) in [7, 11) is 1.25. The summed E-state index contributed by atoms with van der Waals surface area (Å²) >= 11 is 0. The zero-order valence-corrected chi connectivity index (χ0v) is 11.9. The van der Waals surface area contributed by atoms with Crippen molar-refractivity contribution >= 4 is 0 Å². The Morgan fingerprint density at radius 2 is 1.33 bits per heavy atom. The molecule has 0 aliphatic rings. The Morgan fingerprint density at radius 3 is 1.71 bits per heavy atom. The summed E-state index contributed by atoms with van der Waals surface area (Å²) in [6.45, 7) is 0. The SMILES string of the molecule is COc1ccc(C(O)CC(F)(F)C(F)(F)C(F)(F)C(F)(F)F)cc1. The molecule has 0 aliphatic heterocycles. The van der Waals surface area contributed by atoms with Crippen LogP contribution in [-0.4, -0.2) is 36.2 Å². The van der Waals surface area contributed by atoms with Gasteiger partial charge >= 0.3 is 23.9 Å². The summed E-state index contributed by atoms with van der Waals surface area (Å²) in [4.78, 5) is 0. The smallest absolute Gasteiger partial charge is 0.460 e. The van der Waals surface area contributed by atoms with Crippen molar-refractivity contribution in [3.8, 4) is 5.75 Å². The molecule has 11 heteroatoms. The maximum atomic E-state index is 13.4. The van der Waals surface area contributed by atoms with Gasteiger partial charge in [0.1, 0.15) is 5.75 Å². The Labute approximate surface area is 129 Å². The van der Waals surface area contributed by atoms with Gasteiger partial charge in [0.15, 0.2) is 0 Å². The van der Waals surface area contributed by atoms with Crippen molar-refractivity contribution in [2.75, 3.05) is 7.11 Å². The second-order valence-electron chi connectivity index (χ2n) is 4.84. The highest BCUT2D eigenvalue weighted by atomic mass is 19.4. The van der Waals surface area contributed by atoms with E-state index in [1.54, 1.807) is 0 Å². The molecule has 1 atom stereocenters. The molecule has 0 radical (unpaired) electrons. The number of ether oxygens (including phenoxy) is 1. The topological polar surface area (TPSA) is 29.5 Å². The lowest BCUT2D eigenvalue weighted by atomic mass is 9.95. The molecule has 0 amide bonds. The van der Waals surface area contributed by atoms with Gasteiger partial charge < -0.3 is 9.84 Å². The molecule has 0 heterocycles. The molecule has 24 heavy (non-hydrogen) atoms. The highest BCUT2D eigenvalue weighted by Crippen LogP contribution is 2.55. The number of aliphatic hydroxyl groups excluding tert-OH is 1. The van der Waals surface area contributed by atoms with Crippen LogP contribution < -0.4 is 4.74 Å². The first-order valence-corrected chi connectivity index (χ1v) is 6.19. The maximum absolute atomic E-state index is 13.4. The third-order valence-electron chi connectivity index (χ3n) is 3.16. The first-order valence-electron chi connectivity index (χ1n) is 6.19. The molecule has 1 aromatic carbocycles. The van der Waals surface area contributed by atoms with Gasteiger partial charge in [-0.15, -0.1) is 0 Å². The average Bonchev–Trinajstić information content (AvgIpc) is 2.45. The minimum absolute atomic E-state index is 0.214. The fourth-order valence-electron chi connectivity index (χ4n) is 1.72. The van der Waals surface area contributed by atoms with Crippen LogP contribution in [0.15, 0.2) is 24.3 Å². The highest BCUT2D eigenvalue weighted by Gasteiger charge is 2.81. The van der Waals surface area contributed by atoms with Crippen molar-refractivity contribution in [1.29, 1.82) is 0 Å². The first-order chi connectivity index (χ1) is 10.7. The third kappa shape index (κ3) is 3.55. The number of alkyl halides is 9. The van der Waals surface area contributed by atoms with E-state index in [2.05, 4.69) is 0 Å². The summed E-state index contributed by atoms with van der Waals surface area (Å²) < 4.78 is 119. The number of aliphatic hydroxyl groups is 1. The highest BCUT2D eigenvalue weighted by molar-refractivity contribution is 5.28. The molecule has 1 unspecified atom stereocenters. The van der Waals surface area contributed by atoms with Crippen LogP contribution in [0.1, 0.15) is 18.1 Å². The number of hydrogen-bond acceptors (Lipinski definition) is 2. The van der Waals surface area contributed by atoms with Crippen LogP contribution in [0.3, 0.4) is 0 Å². The fourth-order valence-corrected chi connectivity index (χ4v) is 1.72. The number of methoxy groups -OCH3 is 1. The average molecular weight is 370 g/mol. The van der Waals surface area contributed by atoms with E-state index in [1.165, 1.54) is 7.11 Å². The minimum atomic E-state index is -6.97. The number of halogens is 9. The van der Waals surface area contributed by atoms with Gasteiger partial charge in [0.25, 0.3) is 0 Å². The van der Waals surface area contributed by atoms with Gasteiger partial charge in [0.2, 0.25) is 0 Å². The van der Waals surface area contributed by atoms with Gasteiger partial charge in [0.05, 0.1) is 13.2 Å². The van der Waals surface area contributed by atoms with E-state index >= 15 is 0 Å². The van der Waals surface area contributed by atoms with E-state index in [9.17, 15) is 44.6 Å². The van der Waals surface area contributed by atoms with E-state index in [0.29, 0.717) is 0 Å². The molecule has 0 aliphatic carbocycles. The molecule has 0 fully saturated rings. The quantitative estimate of drug-likeness (QED) is 0.743. The van der Waals surface area contributed by atoms with Crippen molar-refractivity contribution < 1.29 is 49.4 Å². The van der Waals surface area contributed by atoms with Crippen LogP contribution in [0.5, 0.6) is 5.75 Å². The third-order valence-corrected chi connectivity index (χ3v) is 3.16. The van der Waals surface area contributed by atoms with Gasteiger partial charge in [-0.3, -0.25) is 0 Å². The zero-order chi connectivity index (χ0) is 19.0. The van der Waals surface area contributed by atoms with Crippen LogP contribution in [0.25, 0.3) is 0 Å². The zero-order valence-electron chi connectivity index (χ0n) is 11.9. The molecular formula is C13H11F9O2. The summed E-state index contributed by atoms with van der Waals surface area (Å²) in [6.07, 6.45) is -11.6. The Bertz CT molecular complexity index is 552. The molecular weight excluding hydrogens is 359 g/mol. The number of hydrogen-bond donors (Lipinski definition) is 1. The maximum Gasteiger partial charge on any atom is 0.460 e. The van der Waals surface area contributed by atoms with E-state index in [-0.39, 0.29) is 11.3 Å². The Morgan fingerprint density at radius 1 is 0.875 bits per heavy atom. The fraction of sp³-hybridized carbons (Fsp3) is 0.538. The van der Waals surface area contributed by atoms with Crippen molar-refractivity contribution in [2.45, 2.75) is 36.5 Å². The lowest BCUT2D eigenvalue weighted by molar-refractivity contribution is -0.398. The van der Waals surface area contributed by atoms with E-state index in [1.807, 2.05) is 0 Å². The molecule has 0 spiro atoms. The molecule has 1 rings (SSSR count). The molecule has 0 bridgehead atoms. The van der Waals surface area contributed by atoms with E-state index in [4.69, 9.17) is 4.74 Å². The van der Waals surface area contributed by atoms with E-state index < -0.39 is 36.5 Å². The van der Waals surface area contributed by atoms with Gasteiger partial charge in [-0.1, -0.05) is 12.1 Å². The van der Waals surface area contributed by atoms with Gasteiger partial charge in [-0.2, -0.15) is 39.5 Å². The molecule has 1 N–H and O–H groups in total. The molecule has 0 saturated carbocycles. The summed E-state index contributed by atoms with van der Waals surface area (Å²) in [5.74, 6) is -19.3. The molecule has 0 saturated heterocycles. The standard InChI is InChI=1S/C13H11F9O2/c1-24-8-4-2-7(3-5-8)9(23)6-10(14,15)11(16,17)12(18,19)13(20,21)22/h2-5,9,23H,6H2,1H3. The van der Waals surface area contributed by atoms with Crippen LogP contribution in [0, 0.1) is 0 Å². The first kappa shape index (κ1) is 20.4. The molecule has 2 nitrogen and oxygen atoms in total. The van der Waals surface area contributed by atoms with E-state index in [0.717, 1.165) is 24.3 Å². The Kier molecular flexibility index (Phi) is 5.39. The van der Waals surface area contributed by atoms with Crippen molar-refractivity contribution in [3.05, 3.63) is 29.8 Å². The lowest BCUT2D eigenvalue weighted by Crippen LogP contribution is -2.61. The summed E-state index contributed by atoms with van der Waals surface area (Å²) in [6, 6.07) is 4.25. The predicted octanol–water partition coefficient (Wildman–Crippen LogP) is 4.59. The monoisotopic (exact) mass is 370 g/mol. The normalized spacial score (nSPS) is 15.3. The second kappa shape index (κ2) is 6.34.